The predicted molar refractivity (Wildman–Crippen MR) is 113 cm³/mol. The third-order valence-corrected chi connectivity index (χ3v) is 5.40. The molecule has 1 aliphatic rings. The topological polar surface area (TPSA) is 59.2 Å². The Hall–Kier alpha value is -3.21. The van der Waals surface area contributed by atoms with E-state index < -0.39 is 0 Å². The van der Waals surface area contributed by atoms with Crippen LogP contribution in [-0.4, -0.2) is 34.0 Å². The number of aryl methyl sites for hydroxylation is 2. The van der Waals surface area contributed by atoms with E-state index in [4.69, 9.17) is 4.52 Å². The molecule has 4 rings (SSSR count). The van der Waals surface area contributed by atoms with E-state index in [2.05, 4.69) is 24.0 Å². The molecule has 5 nitrogen and oxygen atoms in total. The second-order valence-corrected chi connectivity index (χ2v) is 7.67. The molecule has 0 bridgehead atoms. The molecule has 0 radical (unpaired) electrons. The minimum Gasteiger partial charge on any atom is -0.339 e. The van der Waals surface area contributed by atoms with E-state index in [1.807, 2.05) is 59.5 Å². The molecule has 3 aromatic rings. The maximum atomic E-state index is 12.5. The lowest BCUT2D eigenvalue weighted by Gasteiger charge is -2.29. The summed E-state index contributed by atoms with van der Waals surface area (Å²) in [5, 5.41) is 4.14. The van der Waals surface area contributed by atoms with Gasteiger partial charge in [0.15, 0.2) is 0 Å². The fourth-order valence-electron chi connectivity index (χ4n) is 3.52. The first-order chi connectivity index (χ1) is 14.1. The summed E-state index contributed by atoms with van der Waals surface area (Å²) in [7, 11) is 0. The first kappa shape index (κ1) is 19.1. The van der Waals surface area contributed by atoms with Crippen LogP contribution in [0, 0.1) is 13.8 Å². The number of nitrogens with zero attached hydrogens (tertiary/aromatic N) is 3. The van der Waals surface area contributed by atoms with Gasteiger partial charge in [-0.2, -0.15) is 4.98 Å². The van der Waals surface area contributed by atoms with Crippen LogP contribution >= 0.6 is 0 Å². The van der Waals surface area contributed by atoms with Crippen LogP contribution in [0.15, 0.2) is 59.1 Å². The Morgan fingerprint density at radius 1 is 1.00 bits per heavy atom. The number of piperidine rings is 1. The van der Waals surface area contributed by atoms with Crippen molar-refractivity contribution in [3.63, 3.8) is 0 Å². The Bertz CT molecular complexity index is 995. The molecule has 0 spiro atoms. The number of likely N-dealkylation sites (tertiary alicyclic amines) is 1. The minimum atomic E-state index is 0.0508. The monoisotopic (exact) mass is 387 g/mol. The number of amides is 1. The molecule has 1 amide bonds. The molecule has 2 heterocycles. The molecule has 0 N–H and O–H groups in total. The van der Waals surface area contributed by atoms with Gasteiger partial charge in [0.2, 0.25) is 17.6 Å². The number of carbonyl (C=O) groups excluding carboxylic acids is 1. The van der Waals surface area contributed by atoms with Crippen molar-refractivity contribution in [1.29, 1.82) is 0 Å². The smallest absolute Gasteiger partial charge is 0.246 e. The van der Waals surface area contributed by atoms with E-state index in [9.17, 15) is 4.79 Å². The number of hydrogen-bond donors (Lipinski definition) is 0. The van der Waals surface area contributed by atoms with Gasteiger partial charge in [0.05, 0.1) is 0 Å². The minimum absolute atomic E-state index is 0.0508. The van der Waals surface area contributed by atoms with Gasteiger partial charge in [-0.05, 0) is 38.3 Å². The normalized spacial score (nSPS) is 15.2. The fourth-order valence-corrected chi connectivity index (χ4v) is 3.52. The predicted octanol–water partition coefficient (Wildman–Crippen LogP) is 4.77. The summed E-state index contributed by atoms with van der Waals surface area (Å²) in [5.41, 5.74) is 4.40. The third-order valence-electron chi connectivity index (χ3n) is 5.40. The Morgan fingerprint density at radius 2 is 1.62 bits per heavy atom. The van der Waals surface area contributed by atoms with Gasteiger partial charge in [0.25, 0.3) is 0 Å². The van der Waals surface area contributed by atoms with Gasteiger partial charge in [-0.1, -0.05) is 64.8 Å². The van der Waals surface area contributed by atoms with Gasteiger partial charge in [-0.25, -0.2) is 0 Å². The molecule has 29 heavy (non-hydrogen) atoms. The summed E-state index contributed by atoms with van der Waals surface area (Å²) in [5.74, 6) is 1.55. The van der Waals surface area contributed by atoms with Crippen molar-refractivity contribution >= 4 is 12.0 Å². The molecule has 5 heteroatoms. The van der Waals surface area contributed by atoms with Crippen molar-refractivity contribution in [1.82, 2.24) is 15.0 Å². The van der Waals surface area contributed by atoms with Gasteiger partial charge in [0, 0.05) is 30.6 Å². The molecule has 0 aliphatic carbocycles. The van der Waals surface area contributed by atoms with Crippen LogP contribution in [0.2, 0.25) is 0 Å². The lowest BCUT2D eigenvalue weighted by molar-refractivity contribution is -0.127. The first-order valence-electron chi connectivity index (χ1n) is 10.0. The highest BCUT2D eigenvalue weighted by atomic mass is 16.5. The molecule has 2 aromatic carbocycles. The zero-order valence-corrected chi connectivity index (χ0v) is 16.8. The highest BCUT2D eigenvalue weighted by Crippen LogP contribution is 2.28. The number of rotatable bonds is 4. The van der Waals surface area contributed by atoms with Crippen molar-refractivity contribution in [2.24, 2.45) is 0 Å². The Balaban J connectivity index is 1.34. The van der Waals surface area contributed by atoms with Crippen molar-refractivity contribution in [3.05, 3.63) is 77.2 Å². The molecule has 1 aliphatic heterocycles. The summed E-state index contributed by atoms with van der Waals surface area (Å²) < 4.78 is 5.52. The van der Waals surface area contributed by atoms with E-state index in [1.54, 1.807) is 6.08 Å². The average Bonchev–Trinajstić information content (AvgIpc) is 3.24. The summed E-state index contributed by atoms with van der Waals surface area (Å²) in [6.45, 7) is 5.50. The number of benzene rings is 2. The van der Waals surface area contributed by atoms with Gasteiger partial charge in [-0.3, -0.25) is 4.79 Å². The zero-order valence-electron chi connectivity index (χ0n) is 16.8. The molecule has 1 saturated heterocycles. The number of hydrogen-bond acceptors (Lipinski definition) is 4. The maximum Gasteiger partial charge on any atom is 0.246 e. The van der Waals surface area contributed by atoms with Crippen molar-refractivity contribution in [3.8, 4) is 11.4 Å². The Kier molecular flexibility index (Phi) is 5.56. The maximum absolute atomic E-state index is 12.5. The lowest BCUT2D eigenvalue weighted by Crippen LogP contribution is -2.36. The van der Waals surface area contributed by atoms with Crippen molar-refractivity contribution < 1.29 is 9.32 Å². The van der Waals surface area contributed by atoms with Crippen LogP contribution in [0.5, 0.6) is 0 Å². The molecule has 0 unspecified atom stereocenters. The second kappa shape index (κ2) is 8.43. The second-order valence-electron chi connectivity index (χ2n) is 7.67. The van der Waals surface area contributed by atoms with Gasteiger partial charge >= 0.3 is 0 Å². The summed E-state index contributed by atoms with van der Waals surface area (Å²) >= 11 is 0. The van der Waals surface area contributed by atoms with E-state index >= 15 is 0 Å². The highest BCUT2D eigenvalue weighted by Gasteiger charge is 2.27. The van der Waals surface area contributed by atoms with Crippen molar-refractivity contribution in [2.75, 3.05) is 13.1 Å². The first-order valence-corrected chi connectivity index (χ1v) is 10.0. The molecule has 1 fully saturated rings. The van der Waals surface area contributed by atoms with Crippen LogP contribution in [0.3, 0.4) is 0 Å². The summed E-state index contributed by atoms with van der Waals surface area (Å²) in [4.78, 5) is 19.0. The third kappa shape index (κ3) is 4.62. The van der Waals surface area contributed by atoms with E-state index in [0.29, 0.717) is 24.8 Å². The standard InChI is InChI=1S/C24H25N3O2/c1-17-3-7-19(8-4-17)9-12-22(28)27-15-13-21(14-16-27)24-25-23(26-29-24)20-10-5-18(2)6-11-20/h3-12,21H,13-16H2,1-2H3. The highest BCUT2D eigenvalue weighted by molar-refractivity contribution is 5.91. The number of aromatic nitrogens is 2. The molecule has 0 atom stereocenters. The van der Waals surface area contributed by atoms with Crippen LogP contribution < -0.4 is 0 Å². The van der Waals surface area contributed by atoms with E-state index in [-0.39, 0.29) is 11.8 Å². The lowest BCUT2D eigenvalue weighted by atomic mass is 9.96. The zero-order chi connectivity index (χ0) is 20.2. The van der Waals surface area contributed by atoms with Crippen molar-refractivity contribution in [2.45, 2.75) is 32.6 Å². The Labute approximate surface area is 171 Å². The van der Waals surface area contributed by atoms with Crippen LogP contribution in [0.4, 0.5) is 0 Å². The van der Waals surface area contributed by atoms with Crippen LogP contribution in [0.25, 0.3) is 17.5 Å². The van der Waals surface area contributed by atoms with E-state index in [0.717, 1.165) is 24.0 Å². The largest absolute Gasteiger partial charge is 0.339 e. The number of carbonyl (C=O) groups is 1. The average molecular weight is 387 g/mol. The molecule has 148 valence electrons. The van der Waals surface area contributed by atoms with Crippen LogP contribution in [-0.2, 0) is 4.79 Å². The Morgan fingerprint density at radius 3 is 2.28 bits per heavy atom. The van der Waals surface area contributed by atoms with Gasteiger partial charge in [0.1, 0.15) is 0 Å². The summed E-state index contributed by atoms with van der Waals surface area (Å²) in [6.07, 6.45) is 5.20. The quantitative estimate of drug-likeness (QED) is 0.605. The van der Waals surface area contributed by atoms with Crippen LogP contribution in [0.1, 0.15) is 41.3 Å². The molecular weight excluding hydrogens is 362 g/mol. The fraction of sp³-hybridized carbons (Fsp3) is 0.292. The van der Waals surface area contributed by atoms with E-state index in [1.165, 1.54) is 11.1 Å². The van der Waals surface area contributed by atoms with Gasteiger partial charge < -0.3 is 9.42 Å². The molecular formula is C24H25N3O2. The summed E-state index contributed by atoms with van der Waals surface area (Å²) in [6, 6.07) is 16.2. The molecule has 0 saturated carbocycles. The molecule has 1 aromatic heterocycles. The van der Waals surface area contributed by atoms with Gasteiger partial charge in [-0.15, -0.1) is 0 Å². The SMILES string of the molecule is Cc1ccc(C=CC(=O)N2CCC(c3nc(-c4ccc(C)cc4)no3)CC2)cc1.